The fourth-order valence-electron chi connectivity index (χ4n) is 3.42. The normalized spacial score (nSPS) is 16.5. The summed E-state index contributed by atoms with van der Waals surface area (Å²) < 4.78 is 32.6. The number of rotatable bonds is 9. The van der Waals surface area contributed by atoms with Crippen LogP contribution in [0.25, 0.3) is 0 Å². The first kappa shape index (κ1) is 23.6. The maximum atomic E-state index is 13.0. The highest BCUT2D eigenvalue weighted by Gasteiger charge is 2.24. The van der Waals surface area contributed by atoms with Gasteiger partial charge in [0.25, 0.3) is 5.91 Å². The fourth-order valence-corrected chi connectivity index (χ4v) is 6.02. The van der Waals surface area contributed by atoms with Gasteiger partial charge >= 0.3 is 0 Å². The molecule has 0 spiro atoms. The summed E-state index contributed by atoms with van der Waals surface area (Å²) in [6.45, 7) is 4.96. The molecule has 2 aromatic rings. The zero-order valence-corrected chi connectivity index (χ0v) is 19.3. The van der Waals surface area contributed by atoms with Crippen molar-refractivity contribution in [3.05, 3.63) is 48.0 Å². The van der Waals surface area contributed by atoms with Gasteiger partial charge in [0.2, 0.25) is 10.0 Å². The second-order valence-corrected chi connectivity index (χ2v) is 10.2. The smallest absolute Gasteiger partial charge is 0.256 e. The van der Waals surface area contributed by atoms with Crippen molar-refractivity contribution in [3.8, 4) is 5.75 Å². The Balaban J connectivity index is 1.81. The number of nitrogens with zero attached hydrogens (tertiary/aromatic N) is 1. The highest BCUT2D eigenvalue weighted by atomic mass is 32.2. The number of ether oxygens (including phenoxy) is 1. The summed E-state index contributed by atoms with van der Waals surface area (Å²) in [4.78, 5) is 13.8. The molecule has 0 bridgehead atoms. The van der Waals surface area contributed by atoms with Gasteiger partial charge in [-0.2, -0.15) is 4.31 Å². The van der Waals surface area contributed by atoms with E-state index in [1.54, 1.807) is 37.7 Å². The Kier molecular flexibility index (Phi) is 7.99. The van der Waals surface area contributed by atoms with Gasteiger partial charge in [-0.3, -0.25) is 4.79 Å². The van der Waals surface area contributed by atoms with Crippen molar-refractivity contribution in [1.29, 1.82) is 0 Å². The lowest BCUT2D eigenvalue weighted by molar-refractivity contribution is 0.102. The molecular formula is C22H28N2O5S2. The SMILES string of the molecule is CCN(CC)S(=O)(=O)c1ccc(O)c(NC(=O)c2ccccc2SCC2CCCO2)c1. The molecule has 1 atom stereocenters. The third-order valence-electron chi connectivity index (χ3n) is 5.14. The predicted octanol–water partition coefficient (Wildman–Crippen LogP) is 3.95. The number of hydrogen-bond acceptors (Lipinski definition) is 6. The molecular weight excluding hydrogens is 436 g/mol. The molecule has 3 rings (SSSR count). The topological polar surface area (TPSA) is 95.9 Å². The lowest BCUT2D eigenvalue weighted by Gasteiger charge is -2.19. The number of aromatic hydroxyl groups is 1. The van der Waals surface area contributed by atoms with Crippen LogP contribution in [-0.4, -0.2) is 55.3 Å². The highest BCUT2D eigenvalue weighted by molar-refractivity contribution is 7.99. The van der Waals surface area contributed by atoms with E-state index in [-0.39, 0.29) is 22.4 Å². The second kappa shape index (κ2) is 10.5. The number of thioether (sulfide) groups is 1. The summed E-state index contributed by atoms with van der Waals surface area (Å²) in [7, 11) is -3.71. The summed E-state index contributed by atoms with van der Waals surface area (Å²) in [5, 5.41) is 12.9. The number of anilines is 1. The number of phenols is 1. The molecule has 1 aliphatic heterocycles. The van der Waals surface area contributed by atoms with Crippen LogP contribution in [0.5, 0.6) is 5.75 Å². The second-order valence-electron chi connectivity index (χ2n) is 7.16. The Morgan fingerprint density at radius 1 is 1.23 bits per heavy atom. The third kappa shape index (κ3) is 5.60. The predicted molar refractivity (Wildman–Crippen MR) is 122 cm³/mol. The molecule has 0 radical (unpaired) electrons. The van der Waals surface area contributed by atoms with E-state index in [1.807, 2.05) is 12.1 Å². The molecule has 1 unspecified atom stereocenters. The van der Waals surface area contributed by atoms with Gasteiger partial charge in [-0.25, -0.2) is 8.42 Å². The van der Waals surface area contributed by atoms with Crippen LogP contribution in [0, 0.1) is 0 Å². The number of sulfonamides is 1. The molecule has 2 N–H and O–H groups in total. The van der Waals surface area contributed by atoms with Gasteiger partial charge in [0, 0.05) is 30.3 Å². The van der Waals surface area contributed by atoms with Crippen LogP contribution in [-0.2, 0) is 14.8 Å². The lowest BCUT2D eigenvalue weighted by Crippen LogP contribution is -2.30. The van der Waals surface area contributed by atoms with Crippen molar-refractivity contribution < 1.29 is 23.1 Å². The van der Waals surface area contributed by atoms with Crippen LogP contribution >= 0.6 is 11.8 Å². The first-order valence-corrected chi connectivity index (χ1v) is 12.8. The number of phenolic OH excluding ortho intramolecular Hbond substituents is 1. The molecule has 168 valence electrons. The van der Waals surface area contributed by atoms with E-state index in [2.05, 4.69) is 5.32 Å². The quantitative estimate of drug-likeness (QED) is 0.431. The number of benzene rings is 2. The Morgan fingerprint density at radius 2 is 1.97 bits per heavy atom. The van der Waals surface area contributed by atoms with Crippen molar-refractivity contribution in [1.82, 2.24) is 4.31 Å². The van der Waals surface area contributed by atoms with Gasteiger partial charge in [-0.15, -0.1) is 11.8 Å². The maximum Gasteiger partial charge on any atom is 0.256 e. The van der Waals surface area contributed by atoms with Crippen LogP contribution < -0.4 is 5.32 Å². The average molecular weight is 465 g/mol. The number of nitrogens with one attached hydrogen (secondary N) is 1. The number of carbonyl (C=O) groups excluding carboxylic acids is 1. The molecule has 1 heterocycles. The van der Waals surface area contributed by atoms with Crippen LogP contribution in [0.2, 0.25) is 0 Å². The van der Waals surface area contributed by atoms with Gasteiger partial charge < -0.3 is 15.2 Å². The van der Waals surface area contributed by atoms with E-state index >= 15 is 0 Å². The van der Waals surface area contributed by atoms with Crippen LogP contribution in [0.15, 0.2) is 52.3 Å². The third-order valence-corrected chi connectivity index (χ3v) is 8.39. The zero-order valence-electron chi connectivity index (χ0n) is 17.7. The van der Waals surface area contributed by atoms with E-state index in [0.717, 1.165) is 30.1 Å². The van der Waals surface area contributed by atoms with Gasteiger partial charge in [0.05, 0.1) is 22.3 Å². The minimum absolute atomic E-state index is 0.0188. The fraction of sp³-hybridized carbons (Fsp3) is 0.409. The molecule has 2 aromatic carbocycles. The van der Waals surface area contributed by atoms with E-state index < -0.39 is 15.9 Å². The number of hydrogen-bond donors (Lipinski definition) is 2. The standard InChI is InChI=1S/C22H28N2O5S2/c1-3-24(4-2)31(27,28)17-11-12-20(25)19(14-17)23-22(26)18-9-5-6-10-21(18)30-15-16-8-7-13-29-16/h5-6,9-12,14,16,25H,3-4,7-8,13,15H2,1-2H3,(H,23,26). The van der Waals surface area contributed by atoms with E-state index in [4.69, 9.17) is 4.74 Å². The summed E-state index contributed by atoms with van der Waals surface area (Å²) in [5.74, 6) is 0.145. The largest absolute Gasteiger partial charge is 0.506 e. The Hall–Kier alpha value is -2.07. The lowest BCUT2D eigenvalue weighted by atomic mass is 10.2. The molecule has 0 saturated carbocycles. The Bertz CT molecular complexity index is 1020. The molecule has 1 saturated heterocycles. The Labute approximate surface area is 187 Å². The molecule has 0 aliphatic carbocycles. The first-order valence-electron chi connectivity index (χ1n) is 10.3. The van der Waals surface area contributed by atoms with Crippen molar-refractivity contribution in [2.45, 2.75) is 42.6 Å². The highest BCUT2D eigenvalue weighted by Crippen LogP contribution is 2.31. The molecule has 31 heavy (non-hydrogen) atoms. The van der Waals surface area contributed by atoms with Gasteiger partial charge in [-0.05, 0) is 43.2 Å². The number of carbonyl (C=O) groups is 1. The van der Waals surface area contributed by atoms with Crippen LogP contribution in [0.3, 0.4) is 0 Å². The summed E-state index contributed by atoms with van der Waals surface area (Å²) >= 11 is 1.55. The van der Waals surface area contributed by atoms with E-state index in [0.29, 0.717) is 18.7 Å². The molecule has 1 fully saturated rings. The van der Waals surface area contributed by atoms with Crippen LogP contribution in [0.4, 0.5) is 5.69 Å². The number of amides is 1. The molecule has 1 amide bonds. The molecule has 1 aliphatic rings. The summed E-state index contributed by atoms with van der Waals surface area (Å²) in [5.41, 5.74) is 0.513. The van der Waals surface area contributed by atoms with E-state index in [1.165, 1.54) is 22.5 Å². The van der Waals surface area contributed by atoms with Crippen molar-refractivity contribution in [2.75, 3.05) is 30.8 Å². The maximum absolute atomic E-state index is 13.0. The van der Waals surface area contributed by atoms with Gasteiger partial charge in [-0.1, -0.05) is 26.0 Å². The Morgan fingerprint density at radius 3 is 2.65 bits per heavy atom. The van der Waals surface area contributed by atoms with Gasteiger partial charge in [0.1, 0.15) is 5.75 Å². The monoisotopic (exact) mass is 464 g/mol. The van der Waals surface area contributed by atoms with Crippen molar-refractivity contribution in [2.24, 2.45) is 0 Å². The zero-order chi connectivity index (χ0) is 22.4. The molecule has 7 nitrogen and oxygen atoms in total. The summed E-state index contributed by atoms with van der Waals surface area (Å²) in [6, 6.07) is 11.1. The first-order chi connectivity index (χ1) is 14.9. The van der Waals surface area contributed by atoms with Crippen molar-refractivity contribution >= 4 is 33.4 Å². The molecule has 9 heteroatoms. The molecule has 0 aromatic heterocycles. The van der Waals surface area contributed by atoms with Crippen molar-refractivity contribution in [3.63, 3.8) is 0 Å². The summed E-state index contributed by atoms with van der Waals surface area (Å²) in [6.07, 6.45) is 2.26. The van der Waals surface area contributed by atoms with Crippen LogP contribution in [0.1, 0.15) is 37.0 Å². The van der Waals surface area contributed by atoms with E-state index in [9.17, 15) is 18.3 Å². The minimum Gasteiger partial charge on any atom is -0.506 e. The average Bonchev–Trinajstić information content (AvgIpc) is 3.28. The van der Waals surface area contributed by atoms with Gasteiger partial charge in [0.15, 0.2) is 0 Å². The minimum atomic E-state index is -3.71.